The van der Waals surface area contributed by atoms with Crippen LogP contribution in [0.4, 0.5) is 21.8 Å². The van der Waals surface area contributed by atoms with Crippen LogP contribution in [0.1, 0.15) is 17.1 Å². The number of aryl methyl sites for hydroxylation is 2. The SMILES string of the molecule is Cc1nc(NCc2ccc(F)cc2)cc(Nc2cc(C)on2)n1. The predicted molar refractivity (Wildman–Crippen MR) is 85.0 cm³/mol. The van der Waals surface area contributed by atoms with Gasteiger partial charge in [-0.3, -0.25) is 0 Å². The Labute approximate surface area is 132 Å². The Morgan fingerprint density at radius 3 is 2.43 bits per heavy atom. The van der Waals surface area contributed by atoms with Crippen molar-refractivity contribution in [2.45, 2.75) is 20.4 Å². The van der Waals surface area contributed by atoms with E-state index in [9.17, 15) is 4.39 Å². The molecule has 0 radical (unpaired) electrons. The van der Waals surface area contributed by atoms with Gasteiger partial charge in [-0.2, -0.15) is 0 Å². The summed E-state index contributed by atoms with van der Waals surface area (Å²) in [6.45, 7) is 4.17. The van der Waals surface area contributed by atoms with Crippen LogP contribution in [-0.4, -0.2) is 15.1 Å². The highest BCUT2D eigenvalue weighted by atomic mass is 19.1. The molecule has 0 unspecified atom stereocenters. The zero-order chi connectivity index (χ0) is 16.2. The van der Waals surface area contributed by atoms with Crippen molar-refractivity contribution in [3.63, 3.8) is 0 Å². The Morgan fingerprint density at radius 2 is 1.74 bits per heavy atom. The first-order valence-electron chi connectivity index (χ1n) is 7.13. The lowest BCUT2D eigenvalue weighted by molar-refractivity contribution is 0.400. The first kappa shape index (κ1) is 15.0. The van der Waals surface area contributed by atoms with Crippen LogP contribution >= 0.6 is 0 Å². The van der Waals surface area contributed by atoms with Crippen molar-refractivity contribution in [2.75, 3.05) is 10.6 Å². The number of nitrogens with one attached hydrogen (secondary N) is 2. The molecule has 0 atom stereocenters. The molecule has 0 spiro atoms. The van der Waals surface area contributed by atoms with E-state index in [1.165, 1.54) is 12.1 Å². The van der Waals surface area contributed by atoms with Gasteiger partial charge in [0.2, 0.25) is 0 Å². The zero-order valence-corrected chi connectivity index (χ0v) is 12.8. The fourth-order valence-electron chi connectivity index (χ4n) is 2.07. The molecule has 2 aromatic heterocycles. The topological polar surface area (TPSA) is 75.9 Å². The Balaban J connectivity index is 1.70. The van der Waals surface area contributed by atoms with Crippen molar-refractivity contribution in [1.82, 2.24) is 15.1 Å². The quantitative estimate of drug-likeness (QED) is 0.750. The summed E-state index contributed by atoms with van der Waals surface area (Å²) in [5.74, 6) is 2.97. The summed E-state index contributed by atoms with van der Waals surface area (Å²) in [7, 11) is 0. The van der Waals surface area contributed by atoms with Crippen molar-refractivity contribution in [3.8, 4) is 0 Å². The van der Waals surface area contributed by atoms with E-state index >= 15 is 0 Å². The third-order valence-corrected chi connectivity index (χ3v) is 3.11. The van der Waals surface area contributed by atoms with Crippen LogP contribution in [-0.2, 0) is 6.54 Å². The zero-order valence-electron chi connectivity index (χ0n) is 12.8. The van der Waals surface area contributed by atoms with Crippen LogP contribution in [0.25, 0.3) is 0 Å². The average Bonchev–Trinajstić information content (AvgIpc) is 2.91. The Morgan fingerprint density at radius 1 is 1.00 bits per heavy atom. The molecule has 0 saturated heterocycles. The molecule has 0 saturated carbocycles. The van der Waals surface area contributed by atoms with E-state index in [-0.39, 0.29) is 5.82 Å². The molecular weight excluding hydrogens is 297 g/mol. The number of halogens is 1. The van der Waals surface area contributed by atoms with Crippen molar-refractivity contribution in [3.05, 3.63) is 59.4 Å². The fourth-order valence-corrected chi connectivity index (χ4v) is 2.07. The highest BCUT2D eigenvalue weighted by Gasteiger charge is 2.05. The van der Waals surface area contributed by atoms with Gasteiger partial charge in [0.25, 0.3) is 0 Å². The molecule has 3 rings (SSSR count). The number of rotatable bonds is 5. The van der Waals surface area contributed by atoms with E-state index < -0.39 is 0 Å². The molecular formula is C16H16FN5O. The molecule has 0 bridgehead atoms. The summed E-state index contributed by atoms with van der Waals surface area (Å²) in [4.78, 5) is 8.64. The first-order chi connectivity index (χ1) is 11.1. The summed E-state index contributed by atoms with van der Waals surface area (Å²) in [5.41, 5.74) is 0.962. The van der Waals surface area contributed by atoms with Gasteiger partial charge in [-0.25, -0.2) is 14.4 Å². The Bertz CT molecular complexity index is 800. The maximum atomic E-state index is 12.9. The molecule has 7 heteroatoms. The number of hydrogen-bond acceptors (Lipinski definition) is 6. The number of benzene rings is 1. The van der Waals surface area contributed by atoms with Gasteiger partial charge in [0.05, 0.1) is 0 Å². The molecule has 1 aromatic carbocycles. The number of anilines is 3. The monoisotopic (exact) mass is 313 g/mol. The summed E-state index contributed by atoms with van der Waals surface area (Å²) in [6.07, 6.45) is 0. The highest BCUT2D eigenvalue weighted by molar-refractivity contribution is 5.56. The summed E-state index contributed by atoms with van der Waals surface area (Å²) in [5, 5.41) is 10.1. The summed E-state index contributed by atoms with van der Waals surface area (Å²) >= 11 is 0. The van der Waals surface area contributed by atoms with Crippen LogP contribution in [0.2, 0.25) is 0 Å². The van der Waals surface area contributed by atoms with Gasteiger partial charge in [-0.05, 0) is 31.5 Å². The molecule has 0 aliphatic rings. The van der Waals surface area contributed by atoms with E-state index in [1.807, 2.05) is 13.8 Å². The van der Waals surface area contributed by atoms with Gasteiger partial charge in [0.1, 0.15) is 29.0 Å². The van der Waals surface area contributed by atoms with Crippen molar-refractivity contribution in [1.29, 1.82) is 0 Å². The number of hydrogen-bond donors (Lipinski definition) is 2. The number of nitrogens with zero attached hydrogens (tertiary/aromatic N) is 3. The second-order valence-corrected chi connectivity index (χ2v) is 5.11. The highest BCUT2D eigenvalue weighted by Crippen LogP contribution is 2.17. The Hall–Kier alpha value is -2.96. The molecule has 23 heavy (non-hydrogen) atoms. The van der Waals surface area contributed by atoms with Gasteiger partial charge in [-0.15, -0.1) is 0 Å². The second-order valence-electron chi connectivity index (χ2n) is 5.11. The summed E-state index contributed by atoms with van der Waals surface area (Å²) < 4.78 is 17.9. The van der Waals surface area contributed by atoms with Gasteiger partial charge < -0.3 is 15.2 Å². The van der Waals surface area contributed by atoms with Gasteiger partial charge in [0, 0.05) is 18.7 Å². The van der Waals surface area contributed by atoms with Crippen molar-refractivity contribution in [2.24, 2.45) is 0 Å². The Kier molecular flexibility index (Phi) is 4.18. The van der Waals surface area contributed by atoms with E-state index in [0.29, 0.717) is 35.6 Å². The standard InChI is InChI=1S/C16H16FN5O/c1-10-7-16(22-23-10)21-15-8-14(19-11(2)20-15)18-9-12-3-5-13(17)6-4-12/h3-8H,9H2,1-2H3,(H2,18,19,20,21,22). The normalized spacial score (nSPS) is 10.6. The first-order valence-corrected chi connectivity index (χ1v) is 7.13. The van der Waals surface area contributed by atoms with Gasteiger partial charge in [-0.1, -0.05) is 17.3 Å². The molecule has 0 aliphatic heterocycles. The molecule has 118 valence electrons. The lowest BCUT2D eigenvalue weighted by atomic mass is 10.2. The van der Waals surface area contributed by atoms with E-state index in [0.717, 1.165) is 5.56 Å². The summed E-state index contributed by atoms with van der Waals surface area (Å²) in [6, 6.07) is 9.88. The van der Waals surface area contributed by atoms with Crippen molar-refractivity contribution >= 4 is 17.5 Å². The predicted octanol–water partition coefficient (Wildman–Crippen LogP) is 3.58. The minimum atomic E-state index is -0.249. The molecule has 2 N–H and O–H groups in total. The molecule has 0 aliphatic carbocycles. The minimum absolute atomic E-state index is 0.249. The molecule has 0 fully saturated rings. The van der Waals surface area contributed by atoms with E-state index in [2.05, 4.69) is 25.8 Å². The molecule has 0 amide bonds. The third-order valence-electron chi connectivity index (χ3n) is 3.11. The molecule has 6 nitrogen and oxygen atoms in total. The molecule has 2 heterocycles. The lowest BCUT2D eigenvalue weighted by Crippen LogP contribution is -2.05. The van der Waals surface area contributed by atoms with Crippen LogP contribution in [0.15, 0.2) is 40.9 Å². The van der Waals surface area contributed by atoms with E-state index in [1.54, 1.807) is 24.3 Å². The van der Waals surface area contributed by atoms with Crippen molar-refractivity contribution < 1.29 is 8.91 Å². The van der Waals surface area contributed by atoms with Crippen LogP contribution in [0.3, 0.4) is 0 Å². The van der Waals surface area contributed by atoms with Gasteiger partial charge in [0.15, 0.2) is 5.82 Å². The second kappa shape index (κ2) is 6.43. The smallest absolute Gasteiger partial charge is 0.175 e. The molecule has 3 aromatic rings. The van der Waals surface area contributed by atoms with Crippen LogP contribution < -0.4 is 10.6 Å². The van der Waals surface area contributed by atoms with Gasteiger partial charge >= 0.3 is 0 Å². The fraction of sp³-hybridized carbons (Fsp3) is 0.188. The number of aromatic nitrogens is 3. The van der Waals surface area contributed by atoms with Crippen LogP contribution in [0.5, 0.6) is 0 Å². The largest absolute Gasteiger partial charge is 0.366 e. The average molecular weight is 313 g/mol. The lowest BCUT2D eigenvalue weighted by Gasteiger charge is -2.09. The van der Waals surface area contributed by atoms with E-state index in [4.69, 9.17) is 4.52 Å². The maximum Gasteiger partial charge on any atom is 0.175 e. The van der Waals surface area contributed by atoms with Crippen LogP contribution in [0, 0.1) is 19.7 Å². The minimum Gasteiger partial charge on any atom is -0.366 e. The third kappa shape index (κ3) is 4.03. The maximum absolute atomic E-state index is 12.9.